The summed E-state index contributed by atoms with van der Waals surface area (Å²) in [6.45, 7) is 8.79. The van der Waals surface area contributed by atoms with Gasteiger partial charge in [0.1, 0.15) is 0 Å². The molecule has 0 aromatic heterocycles. The first kappa shape index (κ1) is 27.3. The summed E-state index contributed by atoms with van der Waals surface area (Å²) in [5.41, 5.74) is 12.2. The zero-order valence-corrected chi connectivity index (χ0v) is 24.9. The van der Waals surface area contributed by atoms with Crippen LogP contribution in [0.1, 0.15) is 47.6 Å². The fourth-order valence-corrected chi connectivity index (χ4v) is 5.62. The van der Waals surface area contributed by atoms with E-state index in [0.29, 0.717) is 5.92 Å². The van der Waals surface area contributed by atoms with Gasteiger partial charge in [0.05, 0.1) is 0 Å². The first-order valence-corrected chi connectivity index (χ1v) is 14.8. The molecule has 42 heavy (non-hydrogen) atoms. The molecule has 1 heteroatoms. The molecule has 1 nitrogen and oxygen atoms in total. The van der Waals surface area contributed by atoms with Gasteiger partial charge in [0.15, 0.2) is 0 Å². The number of nitrogens with zero attached hydrogens (tertiary/aromatic N) is 1. The van der Waals surface area contributed by atoms with Crippen molar-refractivity contribution in [3.8, 4) is 11.1 Å². The van der Waals surface area contributed by atoms with Crippen LogP contribution in [0.25, 0.3) is 34.1 Å². The maximum atomic E-state index is 2.36. The average Bonchev–Trinajstić information content (AvgIpc) is 3.00. The lowest BCUT2D eigenvalue weighted by Crippen LogP contribution is -2.10. The van der Waals surface area contributed by atoms with E-state index in [4.69, 9.17) is 0 Å². The van der Waals surface area contributed by atoms with Crippen LogP contribution in [-0.2, 0) is 0 Å². The van der Waals surface area contributed by atoms with Crippen molar-refractivity contribution < 1.29 is 0 Å². The molecule has 0 aliphatic carbocycles. The van der Waals surface area contributed by atoms with Crippen LogP contribution < -0.4 is 4.90 Å². The molecule has 0 atom stereocenters. The summed E-state index contributed by atoms with van der Waals surface area (Å²) < 4.78 is 0. The second kappa shape index (κ2) is 11.9. The smallest absolute Gasteiger partial charge is 0.0468 e. The van der Waals surface area contributed by atoms with Gasteiger partial charge in [-0.05, 0) is 106 Å². The fraction of sp³-hybridized carbons (Fsp3) is 0.122. The van der Waals surface area contributed by atoms with Crippen LogP contribution in [0.3, 0.4) is 0 Å². The van der Waals surface area contributed by atoms with Crippen molar-refractivity contribution in [1.82, 2.24) is 0 Å². The topological polar surface area (TPSA) is 3.24 Å². The highest BCUT2D eigenvalue weighted by molar-refractivity contribution is 5.89. The Morgan fingerprint density at radius 1 is 0.476 bits per heavy atom. The van der Waals surface area contributed by atoms with Gasteiger partial charge in [-0.25, -0.2) is 0 Å². The van der Waals surface area contributed by atoms with E-state index in [2.05, 4.69) is 178 Å². The second-order valence-corrected chi connectivity index (χ2v) is 11.5. The van der Waals surface area contributed by atoms with Crippen molar-refractivity contribution in [2.75, 3.05) is 4.90 Å². The van der Waals surface area contributed by atoms with Gasteiger partial charge >= 0.3 is 0 Å². The summed E-state index contributed by atoms with van der Waals surface area (Å²) in [5, 5.41) is 2.49. The van der Waals surface area contributed by atoms with E-state index >= 15 is 0 Å². The van der Waals surface area contributed by atoms with Gasteiger partial charge in [-0.2, -0.15) is 0 Å². The second-order valence-electron chi connectivity index (χ2n) is 11.5. The Morgan fingerprint density at radius 2 is 1.00 bits per heavy atom. The fourth-order valence-electron chi connectivity index (χ4n) is 5.62. The van der Waals surface area contributed by atoms with E-state index in [1.165, 1.54) is 55.4 Å². The minimum Gasteiger partial charge on any atom is -0.310 e. The highest BCUT2D eigenvalue weighted by atomic mass is 15.1. The van der Waals surface area contributed by atoms with Crippen molar-refractivity contribution in [2.45, 2.75) is 33.6 Å². The van der Waals surface area contributed by atoms with Crippen LogP contribution in [0.5, 0.6) is 0 Å². The molecule has 0 bridgehead atoms. The highest BCUT2D eigenvalue weighted by Crippen LogP contribution is 2.38. The Balaban J connectivity index is 1.27. The van der Waals surface area contributed by atoms with Gasteiger partial charge < -0.3 is 4.90 Å². The van der Waals surface area contributed by atoms with E-state index in [1.54, 1.807) is 0 Å². The lowest BCUT2D eigenvalue weighted by molar-refractivity contribution is 0.866. The molecule has 0 radical (unpaired) electrons. The largest absolute Gasteiger partial charge is 0.310 e. The molecule has 0 heterocycles. The third kappa shape index (κ3) is 6.06. The maximum absolute atomic E-state index is 2.36. The van der Waals surface area contributed by atoms with Crippen molar-refractivity contribution in [3.05, 3.63) is 161 Å². The number of fused-ring (bicyclic) bond motifs is 1. The summed E-state index contributed by atoms with van der Waals surface area (Å²) in [4.78, 5) is 2.36. The van der Waals surface area contributed by atoms with Crippen molar-refractivity contribution in [1.29, 1.82) is 0 Å². The normalized spacial score (nSPS) is 11.5. The molecule has 0 saturated heterocycles. The maximum Gasteiger partial charge on any atom is 0.0468 e. The number of benzene rings is 6. The molecule has 0 fully saturated rings. The van der Waals surface area contributed by atoms with Gasteiger partial charge in [-0.15, -0.1) is 0 Å². The van der Waals surface area contributed by atoms with Crippen LogP contribution in [0, 0.1) is 13.8 Å². The SMILES string of the molecule is Cc1cc(C)cc(N(c2ccc(-c3ccc(C=Cc4ccc(C(C)C)cc4)cc3)cc2)c2ccc3ccccc3c2)c1. The van der Waals surface area contributed by atoms with E-state index < -0.39 is 0 Å². The molecule has 6 aromatic carbocycles. The van der Waals surface area contributed by atoms with Gasteiger partial charge in [0.2, 0.25) is 0 Å². The predicted octanol–water partition coefficient (Wildman–Crippen LogP) is 11.9. The Bertz CT molecular complexity index is 1820. The average molecular weight is 544 g/mol. The number of rotatable bonds is 7. The molecule has 6 aromatic rings. The third-order valence-corrected chi connectivity index (χ3v) is 7.90. The molecule has 0 spiro atoms. The summed E-state index contributed by atoms with van der Waals surface area (Å²) in [6, 6.07) is 48.6. The number of hydrogen-bond donors (Lipinski definition) is 0. The van der Waals surface area contributed by atoms with Crippen molar-refractivity contribution in [3.63, 3.8) is 0 Å². The predicted molar refractivity (Wildman–Crippen MR) is 183 cm³/mol. The minimum absolute atomic E-state index is 0.554. The van der Waals surface area contributed by atoms with Crippen LogP contribution >= 0.6 is 0 Å². The quantitative estimate of drug-likeness (QED) is 0.181. The first-order valence-electron chi connectivity index (χ1n) is 14.8. The number of hydrogen-bond acceptors (Lipinski definition) is 1. The van der Waals surface area contributed by atoms with E-state index in [1.807, 2.05) is 0 Å². The first-order chi connectivity index (χ1) is 20.4. The molecule has 0 aliphatic rings. The van der Waals surface area contributed by atoms with Crippen molar-refractivity contribution in [2.24, 2.45) is 0 Å². The van der Waals surface area contributed by atoms with Crippen LogP contribution in [0.2, 0.25) is 0 Å². The molecule has 0 saturated carbocycles. The highest BCUT2D eigenvalue weighted by Gasteiger charge is 2.14. The lowest BCUT2D eigenvalue weighted by Gasteiger charge is -2.27. The number of aryl methyl sites for hydroxylation is 2. The van der Waals surface area contributed by atoms with E-state index in [-0.39, 0.29) is 0 Å². The van der Waals surface area contributed by atoms with E-state index in [9.17, 15) is 0 Å². The zero-order valence-electron chi connectivity index (χ0n) is 24.9. The Hall–Kier alpha value is -4.88. The number of anilines is 3. The zero-order chi connectivity index (χ0) is 29.1. The van der Waals surface area contributed by atoms with Gasteiger partial charge in [0.25, 0.3) is 0 Å². The van der Waals surface area contributed by atoms with Gasteiger partial charge in [-0.3, -0.25) is 0 Å². The molecule has 0 unspecified atom stereocenters. The molecule has 0 amide bonds. The minimum atomic E-state index is 0.554. The molecule has 6 rings (SSSR count). The Morgan fingerprint density at radius 3 is 1.60 bits per heavy atom. The standard InChI is InChI=1S/C41H37N/c1-29(2)34-15-11-32(12-16-34)9-10-33-13-17-36(18-14-33)37-19-22-39(23-20-37)42(41-26-30(3)25-31(4)27-41)40-24-21-35-7-5-6-8-38(35)28-40/h5-29H,1-4H3. The molecule has 206 valence electrons. The Labute approximate surface area is 250 Å². The summed E-state index contributed by atoms with van der Waals surface area (Å²) >= 11 is 0. The van der Waals surface area contributed by atoms with Gasteiger partial charge in [-0.1, -0.05) is 123 Å². The van der Waals surface area contributed by atoms with Gasteiger partial charge in [0, 0.05) is 17.1 Å². The monoisotopic (exact) mass is 543 g/mol. The van der Waals surface area contributed by atoms with Crippen molar-refractivity contribution >= 4 is 40.0 Å². The Kier molecular flexibility index (Phi) is 7.75. The van der Waals surface area contributed by atoms with Crippen LogP contribution in [-0.4, -0.2) is 0 Å². The lowest BCUT2D eigenvalue weighted by atomic mass is 10.0. The summed E-state index contributed by atoms with van der Waals surface area (Å²) in [7, 11) is 0. The molecule has 0 N–H and O–H groups in total. The van der Waals surface area contributed by atoms with Crippen LogP contribution in [0.15, 0.2) is 133 Å². The van der Waals surface area contributed by atoms with Crippen LogP contribution in [0.4, 0.5) is 17.1 Å². The third-order valence-electron chi connectivity index (χ3n) is 7.90. The summed E-state index contributed by atoms with van der Waals surface area (Å²) in [6.07, 6.45) is 4.37. The molecule has 0 aliphatic heterocycles. The molecular weight excluding hydrogens is 506 g/mol. The summed E-state index contributed by atoms with van der Waals surface area (Å²) in [5.74, 6) is 0.554. The molecular formula is C41H37N. The van der Waals surface area contributed by atoms with E-state index in [0.717, 1.165) is 11.4 Å².